The van der Waals surface area contributed by atoms with Gasteiger partial charge in [-0.05, 0) is 24.1 Å². The van der Waals surface area contributed by atoms with Gasteiger partial charge in [0.1, 0.15) is 12.3 Å². The summed E-state index contributed by atoms with van der Waals surface area (Å²) in [6.45, 7) is 2.06. The molecule has 2 aromatic rings. The van der Waals surface area contributed by atoms with Crippen LogP contribution in [-0.2, 0) is 16.0 Å². The van der Waals surface area contributed by atoms with Gasteiger partial charge in [-0.15, -0.1) is 0 Å². The Balaban J connectivity index is 2.06. The standard InChI is InChI=1S/C19H24ClN3O4/c1-3-4-5-14(21)18-23-16(11-27-18)17(24)22-15(19(25)26-2)10-12-6-8-13(20)9-7-12/h6-9,11,14-15H,3-5,10,21H2,1-2H3,(H,22,24). The molecule has 27 heavy (non-hydrogen) atoms. The van der Waals surface area contributed by atoms with Gasteiger partial charge in [-0.3, -0.25) is 4.79 Å². The van der Waals surface area contributed by atoms with Crippen molar-refractivity contribution in [1.82, 2.24) is 10.3 Å². The van der Waals surface area contributed by atoms with Crippen LogP contribution in [0.3, 0.4) is 0 Å². The van der Waals surface area contributed by atoms with E-state index in [-0.39, 0.29) is 18.2 Å². The lowest BCUT2D eigenvalue weighted by Crippen LogP contribution is -2.43. The number of ether oxygens (including phenoxy) is 1. The fraction of sp³-hybridized carbons (Fsp3) is 0.421. The smallest absolute Gasteiger partial charge is 0.328 e. The van der Waals surface area contributed by atoms with Crippen molar-refractivity contribution in [2.24, 2.45) is 5.73 Å². The fourth-order valence-electron chi connectivity index (χ4n) is 2.53. The van der Waals surface area contributed by atoms with E-state index in [1.54, 1.807) is 24.3 Å². The third kappa shape index (κ3) is 6.08. The Hall–Kier alpha value is -2.38. The van der Waals surface area contributed by atoms with Crippen molar-refractivity contribution in [3.63, 3.8) is 0 Å². The Bertz CT molecular complexity index is 761. The minimum absolute atomic E-state index is 0.0713. The van der Waals surface area contributed by atoms with Crippen LogP contribution in [0, 0.1) is 0 Å². The third-order valence-electron chi connectivity index (χ3n) is 4.08. The Labute approximate surface area is 163 Å². The first-order valence-electron chi connectivity index (χ1n) is 8.78. The predicted octanol–water partition coefficient (Wildman–Crippen LogP) is 3.03. The van der Waals surface area contributed by atoms with Crippen molar-refractivity contribution in [2.75, 3.05) is 7.11 Å². The number of nitrogens with two attached hydrogens (primary N) is 1. The van der Waals surface area contributed by atoms with Crippen LogP contribution in [0.4, 0.5) is 0 Å². The number of rotatable bonds is 9. The van der Waals surface area contributed by atoms with Gasteiger partial charge in [0.15, 0.2) is 5.69 Å². The minimum Gasteiger partial charge on any atom is -0.467 e. The number of amides is 1. The number of halogens is 1. The summed E-state index contributed by atoms with van der Waals surface area (Å²) < 4.78 is 10.1. The number of benzene rings is 1. The van der Waals surface area contributed by atoms with Crippen LogP contribution in [0.1, 0.15) is 54.2 Å². The summed E-state index contributed by atoms with van der Waals surface area (Å²) in [5, 5.41) is 3.22. The van der Waals surface area contributed by atoms with Gasteiger partial charge in [0, 0.05) is 11.4 Å². The first kappa shape index (κ1) is 20.9. The molecule has 2 unspecified atom stereocenters. The molecule has 1 aromatic heterocycles. The normalized spacial score (nSPS) is 13.0. The zero-order valence-corrected chi connectivity index (χ0v) is 16.2. The molecule has 0 fully saturated rings. The molecule has 2 atom stereocenters. The second-order valence-corrected chi connectivity index (χ2v) is 6.64. The molecule has 1 heterocycles. The van der Waals surface area contributed by atoms with Crippen molar-refractivity contribution in [3.8, 4) is 0 Å². The van der Waals surface area contributed by atoms with E-state index in [1.807, 2.05) is 0 Å². The van der Waals surface area contributed by atoms with Gasteiger partial charge < -0.3 is 20.2 Å². The summed E-state index contributed by atoms with van der Waals surface area (Å²) in [7, 11) is 1.27. The average Bonchev–Trinajstić information content (AvgIpc) is 3.17. The van der Waals surface area contributed by atoms with Gasteiger partial charge in [-0.2, -0.15) is 0 Å². The molecule has 8 heteroatoms. The molecule has 0 aliphatic rings. The molecule has 0 saturated heterocycles. The van der Waals surface area contributed by atoms with E-state index < -0.39 is 17.9 Å². The molecule has 146 valence electrons. The molecule has 1 aromatic carbocycles. The number of nitrogens with zero attached hydrogens (tertiary/aromatic N) is 1. The summed E-state index contributed by atoms with van der Waals surface area (Å²) in [5.41, 5.74) is 6.91. The lowest BCUT2D eigenvalue weighted by Gasteiger charge is -2.16. The molecule has 0 aliphatic carbocycles. The minimum atomic E-state index is -0.863. The van der Waals surface area contributed by atoms with E-state index >= 15 is 0 Å². The van der Waals surface area contributed by atoms with Crippen molar-refractivity contribution >= 4 is 23.5 Å². The van der Waals surface area contributed by atoms with Crippen LogP contribution in [0.5, 0.6) is 0 Å². The van der Waals surface area contributed by atoms with Gasteiger partial charge >= 0.3 is 5.97 Å². The van der Waals surface area contributed by atoms with Crippen LogP contribution in [0.25, 0.3) is 0 Å². The monoisotopic (exact) mass is 393 g/mol. The van der Waals surface area contributed by atoms with Crippen LogP contribution >= 0.6 is 11.6 Å². The van der Waals surface area contributed by atoms with Crippen LogP contribution in [0.2, 0.25) is 5.02 Å². The summed E-state index contributed by atoms with van der Waals surface area (Å²) in [6, 6.07) is 5.77. The van der Waals surface area contributed by atoms with Crippen LogP contribution < -0.4 is 11.1 Å². The summed E-state index contributed by atoms with van der Waals surface area (Å²) in [6.07, 6.45) is 4.17. The number of oxazole rings is 1. The van der Waals surface area contributed by atoms with E-state index in [0.29, 0.717) is 10.9 Å². The van der Waals surface area contributed by atoms with E-state index in [0.717, 1.165) is 24.8 Å². The summed E-state index contributed by atoms with van der Waals surface area (Å²) in [5.74, 6) is -0.778. The molecule has 1 amide bonds. The first-order valence-corrected chi connectivity index (χ1v) is 9.16. The number of methoxy groups -OCH3 is 1. The quantitative estimate of drug-likeness (QED) is 0.634. The molecule has 2 rings (SSSR count). The van der Waals surface area contributed by atoms with Crippen molar-refractivity contribution in [1.29, 1.82) is 0 Å². The largest absolute Gasteiger partial charge is 0.467 e. The predicted molar refractivity (Wildman–Crippen MR) is 101 cm³/mol. The topological polar surface area (TPSA) is 107 Å². The Morgan fingerprint density at radius 1 is 1.33 bits per heavy atom. The number of carbonyl (C=O) groups excluding carboxylic acids is 2. The van der Waals surface area contributed by atoms with E-state index in [2.05, 4.69) is 17.2 Å². The fourth-order valence-corrected chi connectivity index (χ4v) is 2.66. The van der Waals surface area contributed by atoms with Gasteiger partial charge in [0.05, 0.1) is 13.2 Å². The summed E-state index contributed by atoms with van der Waals surface area (Å²) >= 11 is 5.87. The van der Waals surface area contributed by atoms with Gasteiger partial charge in [-0.1, -0.05) is 43.5 Å². The highest BCUT2D eigenvalue weighted by Gasteiger charge is 2.25. The van der Waals surface area contributed by atoms with Crippen molar-refractivity contribution in [3.05, 3.63) is 52.7 Å². The maximum atomic E-state index is 12.5. The second kappa shape index (κ2) is 10.1. The lowest BCUT2D eigenvalue weighted by atomic mass is 10.1. The molecule has 0 aliphatic heterocycles. The number of nitrogens with one attached hydrogen (secondary N) is 1. The number of unbranched alkanes of at least 4 members (excludes halogenated alkanes) is 1. The molecule has 0 bridgehead atoms. The number of hydrogen-bond acceptors (Lipinski definition) is 6. The average molecular weight is 394 g/mol. The molecular weight excluding hydrogens is 370 g/mol. The maximum absolute atomic E-state index is 12.5. The van der Waals surface area contributed by atoms with E-state index in [9.17, 15) is 9.59 Å². The SMILES string of the molecule is CCCCC(N)c1nc(C(=O)NC(Cc2ccc(Cl)cc2)C(=O)OC)co1. The molecular formula is C19H24ClN3O4. The number of hydrogen-bond donors (Lipinski definition) is 2. The van der Waals surface area contributed by atoms with Crippen LogP contribution in [-0.4, -0.2) is 30.0 Å². The van der Waals surface area contributed by atoms with Gasteiger partial charge in [-0.25, -0.2) is 9.78 Å². The van der Waals surface area contributed by atoms with Gasteiger partial charge in [0.25, 0.3) is 5.91 Å². The molecule has 7 nitrogen and oxygen atoms in total. The van der Waals surface area contributed by atoms with Crippen LogP contribution in [0.15, 0.2) is 34.9 Å². The van der Waals surface area contributed by atoms with Crippen molar-refractivity contribution in [2.45, 2.75) is 44.7 Å². The first-order chi connectivity index (χ1) is 12.9. The molecule has 0 saturated carbocycles. The molecule has 0 radical (unpaired) electrons. The Kier molecular flexibility index (Phi) is 7.82. The molecule has 0 spiro atoms. The number of aromatic nitrogens is 1. The van der Waals surface area contributed by atoms with Gasteiger partial charge in [0.2, 0.25) is 5.89 Å². The zero-order valence-electron chi connectivity index (χ0n) is 15.4. The second-order valence-electron chi connectivity index (χ2n) is 6.20. The highest BCUT2D eigenvalue weighted by atomic mass is 35.5. The number of esters is 1. The number of carbonyl (C=O) groups is 2. The van der Waals surface area contributed by atoms with E-state index in [4.69, 9.17) is 26.5 Å². The highest BCUT2D eigenvalue weighted by molar-refractivity contribution is 6.30. The Morgan fingerprint density at radius 3 is 2.67 bits per heavy atom. The Morgan fingerprint density at radius 2 is 2.04 bits per heavy atom. The molecule has 3 N–H and O–H groups in total. The third-order valence-corrected chi connectivity index (χ3v) is 4.34. The highest BCUT2D eigenvalue weighted by Crippen LogP contribution is 2.17. The van der Waals surface area contributed by atoms with Crippen molar-refractivity contribution < 1.29 is 18.7 Å². The van der Waals surface area contributed by atoms with E-state index in [1.165, 1.54) is 13.4 Å². The zero-order chi connectivity index (χ0) is 19.8. The maximum Gasteiger partial charge on any atom is 0.328 e. The summed E-state index contributed by atoms with van der Waals surface area (Å²) in [4.78, 5) is 28.7. The lowest BCUT2D eigenvalue weighted by molar-refractivity contribution is -0.142.